The number of nitrogens with one attached hydrogen (secondary N) is 1. The van der Waals surface area contributed by atoms with Crippen LogP contribution in [0.2, 0.25) is 0 Å². The molecule has 1 aromatic rings. The molecule has 0 radical (unpaired) electrons. The van der Waals surface area contributed by atoms with Gasteiger partial charge in [-0.15, -0.1) is 0 Å². The van der Waals surface area contributed by atoms with Crippen molar-refractivity contribution in [1.29, 1.82) is 0 Å². The lowest BCUT2D eigenvalue weighted by Crippen LogP contribution is -2.44. The van der Waals surface area contributed by atoms with Crippen LogP contribution in [0.25, 0.3) is 6.08 Å². The smallest absolute Gasteiger partial charge is 0.244 e. The molecule has 0 unspecified atom stereocenters. The second-order valence-electron chi connectivity index (χ2n) is 5.74. The molecule has 1 aliphatic rings. The molecule has 2 rings (SSSR count). The van der Waals surface area contributed by atoms with Crippen molar-refractivity contribution in [2.24, 2.45) is 5.92 Å². The number of amides is 1. The van der Waals surface area contributed by atoms with Gasteiger partial charge in [0.25, 0.3) is 0 Å². The van der Waals surface area contributed by atoms with E-state index >= 15 is 0 Å². The third-order valence-electron chi connectivity index (χ3n) is 3.91. The highest BCUT2D eigenvalue weighted by molar-refractivity contribution is 5.91. The van der Waals surface area contributed by atoms with E-state index in [0.29, 0.717) is 12.5 Å². The Morgan fingerprint density at radius 3 is 2.95 bits per heavy atom. The molecule has 0 saturated heterocycles. The van der Waals surface area contributed by atoms with Crippen LogP contribution >= 0.6 is 0 Å². The average molecular weight is 274 g/mol. The Bertz CT molecular complexity index is 463. The first kappa shape index (κ1) is 14.7. The fourth-order valence-electron chi connectivity index (χ4n) is 2.43. The van der Waals surface area contributed by atoms with Crippen LogP contribution in [0.3, 0.4) is 0 Å². The molecule has 108 valence electrons. The zero-order valence-corrected chi connectivity index (χ0v) is 11.9. The summed E-state index contributed by atoms with van der Waals surface area (Å²) in [7, 11) is 0. The summed E-state index contributed by atoms with van der Waals surface area (Å²) in [5, 5.41) is 13.2. The zero-order chi connectivity index (χ0) is 14.4. The van der Waals surface area contributed by atoms with E-state index in [9.17, 15) is 9.90 Å². The largest absolute Gasteiger partial charge is 0.388 e. The van der Waals surface area contributed by atoms with Gasteiger partial charge in [0.05, 0.1) is 5.60 Å². The van der Waals surface area contributed by atoms with Crippen LogP contribution in [0.15, 0.2) is 30.6 Å². The molecule has 1 saturated carbocycles. The number of aliphatic hydroxyl groups is 1. The fourth-order valence-corrected chi connectivity index (χ4v) is 2.43. The van der Waals surface area contributed by atoms with Crippen molar-refractivity contribution in [2.45, 2.75) is 38.2 Å². The molecule has 4 nitrogen and oxygen atoms in total. The molecule has 0 atom stereocenters. The Kier molecular flexibility index (Phi) is 4.90. The van der Waals surface area contributed by atoms with E-state index < -0.39 is 5.60 Å². The Morgan fingerprint density at radius 1 is 1.55 bits per heavy atom. The normalized spacial score (nSPS) is 26.6. The van der Waals surface area contributed by atoms with Crippen LogP contribution in [0, 0.1) is 5.92 Å². The monoisotopic (exact) mass is 274 g/mol. The van der Waals surface area contributed by atoms with Crippen LogP contribution in [0.4, 0.5) is 0 Å². The minimum Gasteiger partial charge on any atom is -0.388 e. The van der Waals surface area contributed by atoms with Crippen LogP contribution < -0.4 is 5.32 Å². The van der Waals surface area contributed by atoms with Gasteiger partial charge in [-0.1, -0.05) is 13.0 Å². The van der Waals surface area contributed by atoms with Crippen molar-refractivity contribution >= 4 is 12.0 Å². The lowest BCUT2D eigenvalue weighted by Gasteiger charge is -2.34. The maximum Gasteiger partial charge on any atom is 0.244 e. The highest BCUT2D eigenvalue weighted by Gasteiger charge is 2.31. The highest BCUT2D eigenvalue weighted by Crippen LogP contribution is 2.31. The minimum absolute atomic E-state index is 0.180. The molecule has 4 heteroatoms. The molecule has 1 fully saturated rings. The number of rotatable bonds is 4. The SMILES string of the molecule is CC1CCC(O)(CNC(=O)C=Cc2cccnc2)CC1. The topological polar surface area (TPSA) is 62.2 Å². The molecule has 0 aliphatic heterocycles. The lowest BCUT2D eigenvalue weighted by molar-refractivity contribution is -0.118. The van der Waals surface area contributed by atoms with Crippen molar-refractivity contribution in [3.63, 3.8) is 0 Å². The molecule has 1 heterocycles. The predicted octanol–water partition coefficient (Wildman–Crippen LogP) is 2.15. The maximum atomic E-state index is 11.7. The Balaban J connectivity index is 1.79. The van der Waals surface area contributed by atoms with E-state index in [0.717, 1.165) is 31.2 Å². The summed E-state index contributed by atoms with van der Waals surface area (Å²) in [6.45, 7) is 2.53. The number of nitrogens with zero attached hydrogens (tertiary/aromatic N) is 1. The van der Waals surface area contributed by atoms with E-state index in [1.807, 2.05) is 12.1 Å². The summed E-state index contributed by atoms with van der Waals surface area (Å²) < 4.78 is 0. The maximum absolute atomic E-state index is 11.7. The van der Waals surface area contributed by atoms with Crippen LogP contribution in [-0.2, 0) is 4.79 Å². The van der Waals surface area contributed by atoms with Crippen molar-refractivity contribution in [3.05, 3.63) is 36.2 Å². The zero-order valence-electron chi connectivity index (χ0n) is 11.9. The summed E-state index contributed by atoms with van der Waals surface area (Å²) in [5.41, 5.74) is 0.150. The molecule has 1 amide bonds. The van der Waals surface area contributed by atoms with Gasteiger partial charge in [0.2, 0.25) is 5.91 Å². The van der Waals surface area contributed by atoms with Gasteiger partial charge in [0.15, 0.2) is 0 Å². The third kappa shape index (κ3) is 4.46. The number of aromatic nitrogens is 1. The van der Waals surface area contributed by atoms with Crippen molar-refractivity contribution in [1.82, 2.24) is 10.3 Å². The molecule has 1 aliphatic carbocycles. The van der Waals surface area contributed by atoms with Gasteiger partial charge in [0, 0.05) is 25.0 Å². The van der Waals surface area contributed by atoms with Crippen molar-refractivity contribution in [2.75, 3.05) is 6.54 Å². The highest BCUT2D eigenvalue weighted by atomic mass is 16.3. The third-order valence-corrected chi connectivity index (χ3v) is 3.91. The first-order chi connectivity index (χ1) is 9.57. The summed E-state index contributed by atoms with van der Waals surface area (Å²) in [6.07, 6.45) is 10.2. The minimum atomic E-state index is -0.732. The van der Waals surface area contributed by atoms with Gasteiger partial charge in [-0.05, 0) is 49.3 Å². The van der Waals surface area contributed by atoms with Gasteiger partial charge in [-0.2, -0.15) is 0 Å². The van der Waals surface area contributed by atoms with Gasteiger partial charge < -0.3 is 10.4 Å². The summed E-state index contributed by atoms with van der Waals surface area (Å²) >= 11 is 0. The van der Waals surface area contributed by atoms with Gasteiger partial charge in [-0.25, -0.2) is 0 Å². The summed E-state index contributed by atoms with van der Waals surface area (Å²) in [4.78, 5) is 15.7. The Hall–Kier alpha value is -1.68. The quantitative estimate of drug-likeness (QED) is 0.827. The second-order valence-corrected chi connectivity index (χ2v) is 5.74. The van der Waals surface area contributed by atoms with Crippen LogP contribution in [-0.4, -0.2) is 28.1 Å². The molecule has 0 spiro atoms. The van der Waals surface area contributed by atoms with Crippen LogP contribution in [0.1, 0.15) is 38.2 Å². The number of pyridine rings is 1. The molecule has 1 aromatic heterocycles. The van der Waals surface area contributed by atoms with E-state index in [1.165, 1.54) is 6.08 Å². The number of carbonyl (C=O) groups excluding carboxylic acids is 1. The van der Waals surface area contributed by atoms with Crippen molar-refractivity contribution in [3.8, 4) is 0 Å². The predicted molar refractivity (Wildman–Crippen MR) is 78.9 cm³/mol. The first-order valence-electron chi connectivity index (χ1n) is 7.16. The number of hydrogen-bond acceptors (Lipinski definition) is 3. The standard InChI is InChI=1S/C16H22N2O2/c1-13-6-8-16(20,9-7-13)12-18-15(19)5-4-14-3-2-10-17-11-14/h2-5,10-11,13,20H,6-9,12H2,1H3,(H,18,19). The molecule has 0 bridgehead atoms. The molecule has 0 aromatic carbocycles. The Labute approximate surface area is 119 Å². The average Bonchev–Trinajstić information content (AvgIpc) is 2.48. The van der Waals surface area contributed by atoms with E-state index in [4.69, 9.17) is 0 Å². The number of hydrogen-bond donors (Lipinski definition) is 2. The fraction of sp³-hybridized carbons (Fsp3) is 0.500. The van der Waals surface area contributed by atoms with E-state index in [-0.39, 0.29) is 5.91 Å². The number of carbonyl (C=O) groups is 1. The summed E-state index contributed by atoms with van der Waals surface area (Å²) in [6, 6.07) is 3.70. The second kappa shape index (κ2) is 6.66. The van der Waals surface area contributed by atoms with Crippen molar-refractivity contribution < 1.29 is 9.90 Å². The van der Waals surface area contributed by atoms with Crippen LogP contribution in [0.5, 0.6) is 0 Å². The lowest BCUT2D eigenvalue weighted by atomic mass is 9.79. The van der Waals surface area contributed by atoms with Gasteiger partial charge >= 0.3 is 0 Å². The van der Waals surface area contributed by atoms with Gasteiger partial charge in [0.1, 0.15) is 0 Å². The molecular weight excluding hydrogens is 252 g/mol. The Morgan fingerprint density at radius 2 is 2.30 bits per heavy atom. The van der Waals surface area contributed by atoms with E-state index in [1.54, 1.807) is 18.5 Å². The summed E-state index contributed by atoms with van der Waals surface area (Å²) in [5.74, 6) is 0.498. The molecule has 20 heavy (non-hydrogen) atoms. The molecular formula is C16H22N2O2. The van der Waals surface area contributed by atoms with E-state index in [2.05, 4.69) is 17.2 Å². The molecule has 2 N–H and O–H groups in total. The first-order valence-corrected chi connectivity index (χ1v) is 7.16. The van der Waals surface area contributed by atoms with Gasteiger partial charge in [-0.3, -0.25) is 9.78 Å².